The number of aromatic nitrogens is 1. The number of hydrogen-bond acceptors (Lipinski definition) is 4. The van der Waals surface area contributed by atoms with Crippen molar-refractivity contribution in [3.8, 4) is 11.1 Å². The van der Waals surface area contributed by atoms with Gasteiger partial charge in [-0.1, -0.05) is 42.5 Å². The molecule has 1 aromatic heterocycles. The lowest BCUT2D eigenvalue weighted by Crippen LogP contribution is -2.43. The van der Waals surface area contributed by atoms with Gasteiger partial charge in [-0.05, 0) is 53.8 Å². The van der Waals surface area contributed by atoms with Gasteiger partial charge in [-0.2, -0.15) is 0 Å². The molecule has 0 radical (unpaired) electrons. The molecule has 2 aromatic carbocycles. The van der Waals surface area contributed by atoms with Crippen molar-refractivity contribution in [1.29, 1.82) is 0 Å². The summed E-state index contributed by atoms with van der Waals surface area (Å²) in [5.41, 5.74) is 3.72. The van der Waals surface area contributed by atoms with E-state index in [9.17, 15) is 9.59 Å². The van der Waals surface area contributed by atoms with Crippen LogP contribution in [0.5, 0.6) is 0 Å². The number of nitrogens with zero attached hydrogens (tertiary/aromatic N) is 2. The molecular weight excluding hydrogens is 378 g/mol. The molecule has 6 heteroatoms. The van der Waals surface area contributed by atoms with Gasteiger partial charge in [0.1, 0.15) is 12.6 Å². The molecule has 4 rings (SSSR count). The van der Waals surface area contributed by atoms with Gasteiger partial charge < -0.3 is 10.1 Å². The van der Waals surface area contributed by atoms with Gasteiger partial charge in [-0.3, -0.25) is 14.7 Å². The number of pyridine rings is 1. The lowest BCUT2D eigenvalue weighted by Gasteiger charge is -2.23. The summed E-state index contributed by atoms with van der Waals surface area (Å²) < 4.78 is 5.41. The van der Waals surface area contributed by atoms with Crippen molar-refractivity contribution in [2.45, 2.75) is 25.5 Å². The highest BCUT2D eigenvalue weighted by atomic mass is 16.6. The van der Waals surface area contributed by atoms with Gasteiger partial charge in [0.2, 0.25) is 5.91 Å². The standard InChI is InChI=1S/C24H23N3O3/c28-23(26-21-10-8-19(9-11-21)20-12-14-25-15-13-20)22-7-4-16-27(22)24(29)30-17-18-5-2-1-3-6-18/h1-3,5-6,8-15,22H,4,7,16-17H2,(H,26,28)/t22-/m0/s1. The average molecular weight is 401 g/mol. The van der Waals surface area contributed by atoms with Crippen LogP contribution in [0.25, 0.3) is 11.1 Å². The summed E-state index contributed by atoms with van der Waals surface area (Å²) in [6, 6.07) is 20.5. The van der Waals surface area contributed by atoms with E-state index < -0.39 is 12.1 Å². The first-order valence-electron chi connectivity index (χ1n) is 9.99. The topological polar surface area (TPSA) is 71.5 Å². The predicted octanol–water partition coefficient (Wildman–Crippen LogP) is 4.49. The smallest absolute Gasteiger partial charge is 0.410 e. The van der Waals surface area contributed by atoms with E-state index in [-0.39, 0.29) is 12.5 Å². The van der Waals surface area contributed by atoms with Gasteiger partial charge in [-0.15, -0.1) is 0 Å². The summed E-state index contributed by atoms with van der Waals surface area (Å²) in [7, 11) is 0. The van der Waals surface area contributed by atoms with Gasteiger partial charge in [0.15, 0.2) is 0 Å². The lowest BCUT2D eigenvalue weighted by molar-refractivity contribution is -0.120. The maximum Gasteiger partial charge on any atom is 0.410 e. The Kier molecular flexibility index (Phi) is 6.03. The Morgan fingerprint density at radius 2 is 1.67 bits per heavy atom. The van der Waals surface area contributed by atoms with Crippen LogP contribution in [-0.2, 0) is 16.1 Å². The molecule has 0 saturated carbocycles. The third-order valence-electron chi connectivity index (χ3n) is 5.16. The van der Waals surface area contributed by atoms with E-state index in [0.29, 0.717) is 18.7 Å². The van der Waals surface area contributed by atoms with Gasteiger partial charge in [0, 0.05) is 24.6 Å². The van der Waals surface area contributed by atoms with Gasteiger partial charge >= 0.3 is 6.09 Å². The Bertz CT molecular complexity index is 991. The normalized spacial score (nSPS) is 15.6. The maximum absolute atomic E-state index is 12.8. The molecule has 152 valence electrons. The Morgan fingerprint density at radius 1 is 0.967 bits per heavy atom. The molecule has 1 saturated heterocycles. The van der Waals surface area contributed by atoms with Crippen molar-refractivity contribution in [3.63, 3.8) is 0 Å². The highest BCUT2D eigenvalue weighted by Gasteiger charge is 2.35. The van der Waals surface area contributed by atoms with E-state index in [1.165, 1.54) is 4.90 Å². The minimum absolute atomic E-state index is 0.194. The predicted molar refractivity (Wildman–Crippen MR) is 115 cm³/mol. The Balaban J connectivity index is 1.35. The molecule has 1 fully saturated rings. The number of ether oxygens (including phenoxy) is 1. The van der Waals surface area contributed by atoms with Crippen LogP contribution in [0.2, 0.25) is 0 Å². The van der Waals surface area contributed by atoms with Crippen LogP contribution < -0.4 is 5.32 Å². The summed E-state index contributed by atoms with van der Waals surface area (Å²) in [4.78, 5) is 30.8. The van der Waals surface area contributed by atoms with Crippen LogP contribution in [-0.4, -0.2) is 34.5 Å². The number of likely N-dealkylation sites (tertiary alicyclic amines) is 1. The van der Waals surface area contributed by atoms with Crippen LogP contribution in [0.3, 0.4) is 0 Å². The molecule has 1 atom stereocenters. The molecule has 30 heavy (non-hydrogen) atoms. The zero-order chi connectivity index (χ0) is 20.8. The number of carbonyl (C=O) groups is 2. The summed E-state index contributed by atoms with van der Waals surface area (Å²) in [5.74, 6) is -0.194. The molecular formula is C24H23N3O3. The first-order chi connectivity index (χ1) is 14.7. The first kappa shape index (κ1) is 19.6. The van der Waals surface area contributed by atoms with Crippen LogP contribution in [0, 0.1) is 0 Å². The minimum Gasteiger partial charge on any atom is -0.445 e. The van der Waals surface area contributed by atoms with Crippen molar-refractivity contribution < 1.29 is 14.3 Å². The van der Waals surface area contributed by atoms with Gasteiger partial charge in [-0.25, -0.2) is 4.79 Å². The fourth-order valence-electron chi connectivity index (χ4n) is 3.58. The Hall–Kier alpha value is -3.67. The molecule has 0 aliphatic carbocycles. The Morgan fingerprint density at radius 3 is 2.40 bits per heavy atom. The molecule has 1 N–H and O–H groups in total. The molecule has 0 unspecified atom stereocenters. The summed E-state index contributed by atoms with van der Waals surface area (Å²) in [6.07, 6.45) is 4.44. The van der Waals surface area contributed by atoms with E-state index in [1.54, 1.807) is 12.4 Å². The number of amides is 2. The van der Waals surface area contributed by atoms with Crippen LogP contribution in [0.4, 0.5) is 10.5 Å². The van der Waals surface area contributed by atoms with Crippen LogP contribution in [0.15, 0.2) is 79.1 Å². The first-order valence-corrected chi connectivity index (χ1v) is 9.99. The van der Waals surface area contributed by atoms with Gasteiger partial charge in [0.05, 0.1) is 0 Å². The summed E-state index contributed by atoms with van der Waals surface area (Å²) >= 11 is 0. The van der Waals surface area contributed by atoms with Crippen molar-refractivity contribution in [1.82, 2.24) is 9.88 Å². The molecule has 0 bridgehead atoms. The second-order valence-corrected chi connectivity index (χ2v) is 7.19. The number of hydrogen-bond donors (Lipinski definition) is 1. The van der Waals surface area contributed by atoms with E-state index in [4.69, 9.17) is 4.74 Å². The SMILES string of the molecule is O=C(Nc1ccc(-c2ccncc2)cc1)[C@@H]1CCCN1C(=O)OCc1ccccc1. The fraction of sp³-hybridized carbons (Fsp3) is 0.208. The lowest BCUT2D eigenvalue weighted by atomic mass is 10.1. The quantitative estimate of drug-likeness (QED) is 0.684. The molecule has 0 spiro atoms. The van der Waals surface area contributed by atoms with E-state index in [2.05, 4.69) is 10.3 Å². The van der Waals surface area contributed by atoms with Crippen molar-refractivity contribution in [3.05, 3.63) is 84.7 Å². The zero-order valence-corrected chi connectivity index (χ0v) is 16.5. The number of rotatable bonds is 5. The summed E-state index contributed by atoms with van der Waals surface area (Å²) in [5, 5.41) is 2.92. The van der Waals surface area contributed by atoms with Crippen molar-refractivity contribution in [2.24, 2.45) is 0 Å². The third-order valence-corrected chi connectivity index (χ3v) is 5.16. The maximum atomic E-state index is 12.8. The van der Waals surface area contributed by atoms with Crippen molar-refractivity contribution >= 4 is 17.7 Å². The largest absolute Gasteiger partial charge is 0.445 e. The van der Waals surface area contributed by atoms with E-state index in [1.807, 2.05) is 66.7 Å². The van der Waals surface area contributed by atoms with Crippen LogP contribution in [0.1, 0.15) is 18.4 Å². The van der Waals surface area contributed by atoms with Crippen molar-refractivity contribution in [2.75, 3.05) is 11.9 Å². The van der Waals surface area contributed by atoms with Crippen LogP contribution >= 0.6 is 0 Å². The van der Waals surface area contributed by atoms with E-state index in [0.717, 1.165) is 23.1 Å². The monoisotopic (exact) mass is 401 g/mol. The number of anilines is 1. The number of benzene rings is 2. The molecule has 2 heterocycles. The molecule has 1 aliphatic heterocycles. The zero-order valence-electron chi connectivity index (χ0n) is 16.5. The minimum atomic E-state index is -0.520. The third kappa shape index (κ3) is 4.66. The fourth-order valence-corrected chi connectivity index (χ4v) is 3.58. The van der Waals surface area contributed by atoms with E-state index >= 15 is 0 Å². The molecule has 2 amide bonds. The highest BCUT2D eigenvalue weighted by molar-refractivity contribution is 5.97. The molecule has 6 nitrogen and oxygen atoms in total. The molecule has 1 aliphatic rings. The number of carbonyl (C=O) groups excluding carboxylic acids is 2. The second kappa shape index (κ2) is 9.22. The van der Waals surface area contributed by atoms with Gasteiger partial charge in [0.25, 0.3) is 0 Å². The number of nitrogens with one attached hydrogen (secondary N) is 1. The molecule has 3 aromatic rings. The second-order valence-electron chi connectivity index (χ2n) is 7.19. The summed E-state index contributed by atoms with van der Waals surface area (Å²) in [6.45, 7) is 0.716. The highest BCUT2D eigenvalue weighted by Crippen LogP contribution is 2.23. The Labute approximate surface area is 175 Å². The average Bonchev–Trinajstić information content (AvgIpc) is 3.30.